The first-order valence-electron chi connectivity index (χ1n) is 38.3. The van der Waals surface area contributed by atoms with Gasteiger partial charge in [-0.3, -0.25) is 48.4 Å². The van der Waals surface area contributed by atoms with Crippen LogP contribution in [0, 0.1) is 5.41 Å². The fourth-order valence-corrected chi connectivity index (χ4v) is 19.8. The number of ketones is 1. The number of carbonyl (C=O) groups is 7. The molecule has 20 atom stereocenters. The minimum Gasteiger partial charge on any atom is -0.464 e. The predicted molar refractivity (Wildman–Crippen MR) is 447 cm³/mol. The van der Waals surface area contributed by atoms with E-state index >= 15 is 0 Å². The maximum Gasteiger partial charge on any atom is 0.323 e. The van der Waals surface area contributed by atoms with Gasteiger partial charge in [0.1, 0.15) is 101 Å². The Balaban J connectivity index is 0.000000247. The van der Waals surface area contributed by atoms with Gasteiger partial charge >= 0.3 is 43.8 Å². The molecule has 6 aliphatic heterocycles. The summed E-state index contributed by atoms with van der Waals surface area (Å²) in [5.74, 6) is -3.31. The summed E-state index contributed by atoms with van der Waals surface area (Å²) < 4.78 is 98.6. The summed E-state index contributed by atoms with van der Waals surface area (Å²) in [7, 11) is 1.44. The van der Waals surface area contributed by atoms with E-state index in [1.54, 1.807) is 153 Å². The number of benzene rings is 3. The van der Waals surface area contributed by atoms with Crippen LogP contribution in [0.25, 0.3) is 0 Å². The number of allylic oxidation sites excluding steroid dienone is 2. The Bertz CT molecular complexity index is 4520. The largest absolute Gasteiger partial charge is 0.464 e. The molecule has 7 heterocycles. The second kappa shape index (κ2) is 41.5. The first kappa shape index (κ1) is 94.6. The van der Waals surface area contributed by atoms with Gasteiger partial charge < -0.3 is 91.2 Å². The number of hydrogen-bond donors (Lipinski definition) is 8. The summed E-state index contributed by atoms with van der Waals surface area (Å²) in [5.41, 5.74) is 2.16. The highest BCUT2D eigenvalue weighted by atomic mass is 32.5. The van der Waals surface area contributed by atoms with Crippen LogP contribution in [-0.2, 0) is 120 Å². The molecule has 6 aliphatic rings. The Labute approximate surface area is 706 Å². The number of anilines is 1. The molecule has 0 saturated carbocycles. The molecule has 1 aromatic heterocycles. The van der Waals surface area contributed by atoms with E-state index in [4.69, 9.17) is 109 Å². The van der Waals surface area contributed by atoms with Crippen molar-refractivity contribution in [1.29, 1.82) is 0 Å². The van der Waals surface area contributed by atoms with Crippen LogP contribution < -0.4 is 34.6 Å². The monoisotopic (exact) mass is 1760 g/mol. The maximum absolute atomic E-state index is 12.8. The summed E-state index contributed by atoms with van der Waals surface area (Å²) in [4.78, 5) is 102. The first-order valence-corrected chi connectivity index (χ1v) is 45.2. The number of hydrogen-bond acceptors (Lipinski definition) is 32. The number of carbonyl (C=O) groups excluding carboxylic acids is 7. The molecule has 9 unspecified atom stereocenters. The smallest absolute Gasteiger partial charge is 0.323 e. The van der Waals surface area contributed by atoms with Crippen LogP contribution in [-0.4, -0.2) is 223 Å². The fourth-order valence-electron chi connectivity index (χ4n) is 12.3. The standard InChI is InChI=1S/C27H38N5O7PS.C25H33N2O10PS.C25H35N2O8PS.CH4/c1-15(25(34)36-13-26(3,4)5)32-40(41,39-17-10-8-7-9-11-17)38-16(2)21-22(33)27(6,35)23(37-21)18-12-29-20-19(18)30-14-31-24(20)28;1-15(2)34-23(31)16(3)26-38(39,37-19-9-7-6-8-10-19)33-14-20-22(35-17(4)28)25(5,32)24(36-20)27-12-11-18(29)13-21(27)30;1-16(2)33-23(30)18(4)26-36(37,35-19-10-8-7-9-11-19)32-15-20-22(29)25(5,31-6)24(34-20)27-13-12-17(3)14-21(27)28;/h7-12,14-16,18,21-23,33,35H,13H2,1-6H3,(H,32,41)(H2,28,30,31);6-12,15-16,20,22,24,32H,13-14H2,1-5H3,(H,26,39);7-13,16,18,20,22,24,29H,3,14-15H2,1-2,4-6H3,(H,26,37);1H4/t15?,16?,18?,21?,22-,23+,27-,40?;16?,20-,22-,24-,25-,38?;18?,20-,22-,24-,25-,36?;/m111./s1/i;14D2;;. The van der Waals surface area contributed by atoms with Gasteiger partial charge in [-0.2, -0.15) is 0 Å². The number of nitrogens with two attached hydrogens (primary N) is 1. The van der Waals surface area contributed by atoms with Crippen molar-refractivity contribution in [2.75, 3.05) is 32.6 Å². The van der Waals surface area contributed by atoms with Crippen molar-refractivity contribution in [2.45, 2.75) is 238 Å². The van der Waals surface area contributed by atoms with E-state index in [1.807, 2.05) is 32.9 Å². The van der Waals surface area contributed by atoms with Crippen molar-refractivity contribution in [3.63, 3.8) is 0 Å². The van der Waals surface area contributed by atoms with Crippen molar-refractivity contribution in [3.8, 4) is 17.2 Å². The molecule has 3 fully saturated rings. The van der Waals surface area contributed by atoms with Crippen LogP contribution in [0.3, 0.4) is 0 Å². The number of amides is 2. The molecule has 650 valence electrons. The second-order valence-electron chi connectivity index (χ2n) is 30.4. The number of nitrogens with one attached hydrogen (secondary N) is 3. The summed E-state index contributed by atoms with van der Waals surface area (Å²) in [5, 5.41) is 53.8. The highest BCUT2D eigenvalue weighted by Gasteiger charge is 2.61. The van der Waals surface area contributed by atoms with Gasteiger partial charge in [-0.05, 0) is 171 Å². The molecule has 2 amide bonds. The van der Waals surface area contributed by atoms with E-state index in [9.17, 15) is 54.0 Å². The summed E-state index contributed by atoms with van der Waals surface area (Å²) in [6.07, 6.45) is -5.07. The molecule has 3 aromatic carbocycles. The fraction of sp³-hybridized carbons (Fsp3) is 0.538. The molecule has 4 aromatic rings. The van der Waals surface area contributed by atoms with Gasteiger partial charge in [-0.1, -0.05) is 89.4 Å². The quantitative estimate of drug-likeness (QED) is 0.00980. The third-order valence-electron chi connectivity index (χ3n) is 18.3. The molecular formula is C78H110N9O25P3S3. The van der Waals surface area contributed by atoms with Crippen molar-refractivity contribution in [3.05, 3.63) is 140 Å². The number of aromatic nitrogens is 2. The molecule has 0 aliphatic carbocycles. The number of fused-ring (bicyclic) bond motifs is 1. The van der Waals surface area contributed by atoms with E-state index in [2.05, 4.69) is 36.8 Å². The van der Waals surface area contributed by atoms with Crippen LogP contribution in [0.2, 0.25) is 0 Å². The van der Waals surface area contributed by atoms with Gasteiger partial charge in [0.15, 0.2) is 30.2 Å². The first-order chi connectivity index (χ1) is 55.4. The Morgan fingerprint density at radius 1 is 0.686 bits per heavy atom. The van der Waals surface area contributed by atoms with Crippen molar-refractivity contribution in [1.82, 2.24) is 35.0 Å². The van der Waals surface area contributed by atoms with E-state index in [0.29, 0.717) is 28.5 Å². The second-order valence-corrected chi connectivity index (χ2v) is 39.7. The summed E-state index contributed by atoms with van der Waals surface area (Å²) in [6, 6.07) is 22.9. The van der Waals surface area contributed by atoms with Gasteiger partial charge in [0.2, 0.25) is 11.8 Å². The molecule has 34 nitrogen and oxygen atoms in total. The Kier molecular flexibility index (Phi) is 33.3. The number of methoxy groups -OCH3 is 1. The third-order valence-corrected chi connectivity index (χ3v) is 25.6. The molecule has 3 saturated heterocycles. The molecular weight excluding hydrogens is 1650 g/mol. The number of aliphatic hydroxyl groups is 4. The molecule has 118 heavy (non-hydrogen) atoms. The minimum absolute atomic E-state index is 0. The highest BCUT2D eigenvalue weighted by molar-refractivity contribution is 8.09. The van der Waals surface area contributed by atoms with Gasteiger partial charge in [-0.25, -0.2) is 25.2 Å². The zero-order chi connectivity index (χ0) is 88.3. The van der Waals surface area contributed by atoms with Gasteiger partial charge in [0, 0.05) is 32.6 Å². The number of rotatable bonds is 32. The van der Waals surface area contributed by atoms with Crippen LogP contribution in [0.5, 0.6) is 17.2 Å². The summed E-state index contributed by atoms with van der Waals surface area (Å²) >= 11 is 17.2. The van der Waals surface area contributed by atoms with Crippen molar-refractivity contribution >= 4 is 115 Å². The Hall–Kier alpha value is -7.29. The number of ether oxygens (including phenoxy) is 8. The minimum atomic E-state index is -3.98. The number of aliphatic imine (C=N–C) groups is 1. The Morgan fingerprint density at radius 3 is 1.67 bits per heavy atom. The van der Waals surface area contributed by atoms with E-state index < -0.39 is 177 Å². The lowest BCUT2D eigenvalue weighted by molar-refractivity contribution is -0.166. The molecule has 40 heteroatoms. The van der Waals surface area contributed by atoms with Crippen LogP contribution >= 0.6 is 19.9 Å². The van der Waals surface area contributed by atoms with Crippen LogP contribution in [0.1, 0.15) is 138 Å². The average molecular weight is 1760 g/mol. The zero-order valence-electron chi connectivity index (χ0n) is 69.6. The van der Waals surface area contributed by atoms with Crippen molar-refractivity contribution < 1.29 is 122 Å². The lowest BCUT2D eigenvalue weighted by Gasteiger charge is -2.37. The molecule has 0 spiro atoms. The maximum atomic E-state index is 12.8. The van der Waals surface area contributed by atoms with Gasteiger partial charge in [-0.15, -0.1) is 0 Å². The normalized spacial score (nSPS) is 28.2. The van der Waals surface area contributed by atoms with E-state index in [0.717, 1.165) is 24.1 Å². The van der Waals surface area contributed by atoms with Crippen molar-refractivity contribution in [2.24, 2.45) is 10.4 Å². The number of para-hydroxylation sites is 3. The van der Waals surface area contributed by atoms with Crippen LogP contribution in [0.15, 0.2) is 139 Å². The van der Waals surface area contributed by atoms with E-state index in [-0.39, 0.29) is 56.1 Å². The summed E-state index contributed by atoms with van der Waals surface area (Å²) in [6.45, 7) is 14.5. The Morgan fingerprint density at radius 2 is 1.17 bits per heavy atom. The lowest BCUT2D eigenvalue weighted by atomic mass is 9.84. The molecule has 10 rings (SSSR count). The highest BCUT2D eigenvalue weighted by Crippen LogP contribution is 2.53. The molecule has 0 bridgehead atoms. The SMILES string of the molecule is C.C=C1C=CN([C@@H]2O[C@H](COP(=S)(NC(C)C(=O)OC(C)C)Oc3ccccc3)[C@@H](O)[C@@]2(C)OC)C(=O)C1.CC(NP(=S)(Oc1ccccc1)OC(C)C1O[C@@H](C2C=Nc3c(N)ncnc32)[C@](C)(O)[C@@H]1O)C(=O)OCC(C)(C)C.[2H]C([2H])(OP(=S)(NC(C)C(=O)OC(C)C)Oc1ccccc1)[C@H]1O[C@@H](N2C=CC(=O)CC2=O)[C@](C)(O)[C@@H]1OC(C)=O. The van der Waals surface area contributed by atoms with Crippen LogP contribution in [0.4, 0.5) is 11.5 Å². The average Bonchev–Trinajstić information content (AvgIpc) is 1.60. The van der Waals surface area contributed by atoms with Gasteiger partial charge in [0.25, 0.3) is 0 Å². The van der Waals surface area contributed by atoms with Gasteiger partial charge in [0.05, 0.1) is 65.3 Å². The number of aliphatic hydroxyl groups excluding tert-OH is 2. The third kappa shape index (κ3) is 25.7. The number of nitrogen functional groups attached to an aromatic ring is 1. The zero-order valence-corrected chi connectivity index (χ0v) is 72.8. The number of esters is 4. The topological polar surface area (TPSA) is 436 Å². The molecule has 9 N–H and O–H groups in total. The lowest BCUT2D eigenvalue weighted by Crippen LogP contribution is -2.55. The number of nitrogens with zero attached hydrogens (tertiary/aromatic N) is 5. The predicted octanol–water partition coefficient (Wildman–Crippen LogP) is 8.64. The molecule has 0 radical (unpaired) electrons. The van der Waals surface area contributed by atoms with E-state index in [1.165, 1.54) is 39.1 Å².